The second-order valence-corrected chi connectivity index (χ2v) is 8.33. The van der Waals surface area contributed by atoms with Crippen LogP contribution in [0.15, 0.2) is 24.3 Å². The van der Waals surface area contributed by atoms with E-state index in [2.05, 4.69) is 22.3 Å². The van der Waals surface area contributed by atoms with E-state index in [0.717, 1.165) is 31.6 Å². The number of nitrogens with zero attached hydrogens (tertiary/aromatic N) is 2. The Morgan fingerprint density at radius 2 is 1.74 bits per heavy atom. The minimum absolute atomic E-state index is 0.0162. The maximum absolute atomic E-state index is 12.8. The Kier molecular flexibility index (Phi) is 5.65. The zero-order chi connectivity index (χ0) is 18.6. The monoisotopic (exact) mass is 369 g/mol. The first-order valence-electron chi connectivity index (χ1n) is 10.7. The van der Waals surface area contributed by atoms with Crippen LogP contribution in [0.2, 0.25) is 0 Å². The van der Waals surface area contributed by atoms with E-state index in [1.807, 2.05) is 17.0 Å². The number of piperidine rings is 1. The minimum Gasteiger partial charge on any atom is -0.371 e. The minimum atomic E-state index is -0.224. The molecule has 1 saturated carbocycles. The van der Waals surface area contributed by atoms with Gasteiger partial charge in [0.05, 0.1) is 5.92 Å². The summed E-state index contributed by atoms with van der Waals surface area (Å²) in [6.45, 7) is 2.76. The smallest absolute Gasteiger partial charge is 0.229 e. The molecule has 2 saturated heterocycles. The van der Waals surface area contributed by atoms with Gasteiger partial charge in [-0.15, -0.1) is 0 Å². The van der Waals surface area contributed by atoms with E-state index in [-0.39, 0.29) is 17.7 Å². The van der Waals surface area contributed by atoms with Gasteiger partial charge in [0, 0.05) is 43.5 Å². The Morgan fingerprint density at radius 1 is 1.00 bits per heavy atom. The normalized spacial score (nSPS) is 24.3. The number of amides is 2. The van der Waals surface area contributed by atoms with Crippen molar-refractivity contribution in [1.29, 1.82) is 0 Å². The predicted molar refractivity (Wildman–Crippen MR) is 108 cm³/mol. The molecule has 1 aromatic rings. The van der Waals surface area contributed by atoms with Gasteiger partial charge in [-0.05, 0) is 50.3 Å². The maximum atomic E-state index is 12.8. The van der Waals surface area contributed by atoms with Gasteiger partial charge in [-0.25, -0.2) is 0 Å². The van der Waals surface area contributed by atoms with Gasteiger partial charge in [-0.3, -0.25) is 9.59 Å². The summed E-state index contributed by atoms with van der Waals surface area (Å²) in [5.41, 5.74) is 2.02. The van der Waals surface area contributed by atoms with Gasteiger partial charge >= 0.3 is 0 Å². The van der Waals surface area contributed by atoms with Crippen LogP contribution in [0.3, 0.4) is 0 Å². The average molecular weight is 370 g/mol. The lowest BCUT2D eigenvalue weighted by atomic mass is 9.94. The predicted octanol–water partition coefficient (Wildman–Crippen LogP) is 3.80. The van der Waals surface area contributed by atoms with Crippen LogP contribution in [0.4, 0.5) is 11.4 Å². The van der Waals surface area contributed by atoms with Crippen molar-refractivity contribution in [3.8, 4) is 0 Å². The molecule has 1 aliphatic carbocycles. The molecule has 0 aromatic heterocycles. The van der Waals surface area contributed by atoms with Gasteiger partial charge in [0.2, 0.25) is 11.8 Å². The number of anilines is 2. The Balaban J connectivity index is 1.37. The topological polar surface area (TPSA) is 52.7 Å². The first-order valence-corrected chi connectivity index (χ1v) is 10.7. The highest BCUT2D eigenvalue weighted by Crippen LogP contribution is 2.30. The summed E-state index contributed by atoms with van der Waals surface area (Å²) in [6, 6.07) is 8.49. The zero-order valence-electron chi connectivity index (χ0n) is 16.2. The summed E-state index contributed by atoms with van der Waals surface area (Å²) in [7, 11) is 0. The van der Waals surface area contributed by atoms with Crippen molar-refractivity contribution in [2.75, 3.05) is 29.9 Å². The van der Waals surface area contributed by atoms with Crippen molar-refractivity contribution in [2.45, 2.75) is 63.8 Å². The van der Waals surface area contributed by atoms with Crippen LogP contribution in [0.5, 0.6) is 0 Å². The number of likely N-dealkylation sites (tertiary alicyclic amines) is 1. The maximum Gasteiger partial charge on any atom is 0.229 e. The first-order chi connectivity index (χ1) is 13.2. The fourth-order valence-corrected chi connectivity index (χ4v) is 4.83. The molecule has 146 valence electrons. The van der Waals surface area contributed by atoms with Crippen molar-refractivity contribution in [2.24, 2.45) is 5.92 Å². The molecule has 2 amide bonds. The van der Waals surface area contributed by atoms with Crippen LogP contribution >= 0.6 is 0 Å². The molecule has 0 spiro atoms. The van der Waals surface area contributed by atoms with Crippen LogP contribution in [0.25, 0.3) is 0 Å². The highest BCUT2D eigenvalue weighted by molar-refractivity contribution is 5.97. The number of hydrogen-bond acceptors (Lipinski definition) is 3. The van der Waals surface area contributed by atoms with Gasteiger partial charge < -0.3 is 15.1 Å². The Bertz CT molecular complexity index is 678. The number of carbonyl (C=O) groups is 2. The Morgan fingerprint density at radius 3 is 2.52 bits per heavy atom. The molecule has 1 unspecified atom stereocenters. The second kappa shape index (κ2) is 8.32. The van der Waals surface area contributed by atoms with Gasteiger partial charge in [0.1, 0.15) is 0 Å². The fourth-order valence-electron chi connectivity index (χ4n) is 4.83. The van der Waals surface area contributed by atoms with E-state index < -0.39 is 0 Å². The van der Waals surface area contributed by atoms with Crippen molar-refractivity contribution in [3.05, 3.63) is 24.3 Å². The molecule has 5 heteroatoms. The number of nitrogens with one attached hydrogen (secondary N) is 1. The molecular formula is C22H31N3O2. The third-order valence-corrected chi connectivity index (χ3v) is 6.38. The summed E-state index contributed by atoms with van der Waals surface area (Å²) in [5.74, 6) is -0.0837. The Hall–Kier alpha value is -2.04. The van der Waals surface area contributed by atoms with E-state index in [0.29, 0.717) is 19.0 Å². The van der Waals surface area contributed by atoms with Crippen molar-refractivity contribution in [1.82, 2.24) is 4.90 Å². The third-order valence-electron chi connectivity index (χ3n) is 6.38. The molecule has 1 N–H and O–H groups in total. The Labute approximate surface area is 162 Å². The second-order valence-electron chi connectivity index (χ2n) is 8.33. The lowest BCUT2D eigenvalue weighted by Crippen LogP contribution is -2.38. The summed E-state index contributed by atoms with van der Waals surface area (Å²) in [6.07, 6.45) is 10.00. The molecule has 2 heterocycles. The summed E-state index contributed by atoms with van der Waals surface area (Å²) in [4.78, 5) is 29.6. The van der Waals surface area contributed by atoms with Crippen LogP contribution < -0.4 is 10.2 Å². The fraction of sp³-hybridized carbons (Fsp3) is 0.636. The molecule has 5 nitrogen and oxygen atoms in total. The molecule has 3 fully saturated rings. The highest BCUT2D eigenvalue weighted by Gasteiger charge is 2.38. The van der Waals surface area contributed by atoms with E-state index in [1.165, 1.54) is 44.2 Å². The quantitative estimate of drug-likeness (QED) is 0.878. The number of rotatable bonds is 4. The van der Waals surface area contributed by atoms with Crippen LogP contribution in [0, 0.1) is 5.92 Å². The number of carbonyl (C=O) groups excluding carboxylic acids is 2. The molecule has 2 aliphatic heterocycles. The molecular weight excluding hydrogens is 338 g/mol. The third kappa shape index (κ3) is 4.28. The van der Waals surface area contributed by atoms with Crippen molar-refractivity contribution >= 4 is 23.2 Å². The van der Waals surface area contributed by atoms with Gasteiger partial charge in [-0.1, -0.05) is 25.3 Å². The van der Waals surface area contributed by atoms with Crippen molar-refractivity contribution < 1.29 is 9.59 Å². The lowest BCUT2D eigenvalue weighted by Gasteiger charge is -2.31. The molecule has 1 aromatic carbocycles. The molecule has 0 bridgehead atoms. The van der Waals surface area contributed by atoms with E-state index in [4.69, 9.17) is 0 Å². The standard InChI is InChI=1S/C22H31N3O2/c26-21-14-17(16-25(21)19-9-3-1-4-10-19)22(27)23-18-8-7-11-20(15-18)24-12-5-2-6-13-24/h7-8,11,15,17,19H,1-6,9-10,12-14,16H2,(H,23,27). The SMILES string of the molecule is O=C(Nc1cccc(N2CCCCC2)c1)C1CC(=O)N(C2CCCCC2)C1. The largest absolute Gasteiger partial charge is 0.371 e. The van der Waals surface area contributed by atoms with Gasteiger partial charge in [0.15, 0.2) is 0 Å². The van der Waals surface area contributed by atoms with Gasteiger partial charge in [-0.2, -0.15) is 0 Å². The summed E-state index contributed by atoms with van der Waals surface area (Å²) in [5, 5.41) is 3.06. The van der Waals surface area contributed by atoms with Crippen molar-refractivity contribution in [3.63, 3.8) is 0 Å². The molecule has 3 aliphatic rings. The number of hydrogen-bond donors (Lipinski definition) is 1. The number of benzene rings is 1. The average Bonchev–Trinajstić information content (AvgIpc) is 3.11. The molecule has 0 radical (unpaired) electrons. The van der Waals surface area contributed by atoms with E-state index in [1.54, 1.807) is 0 Å². The lowest BCUT2D eigenvalue weighted by molar-refractivity contribution is -0.130. The van der Waals surface area contributed by atoms with E-state index in [9.17, 15) is 9.59 Å². The van der Waals surface area contributed by atoms with Gasteiger partial charge in [0.25, 0.3) is 0 Å². The highest BCUT2D eigenvalue weighted by atomic mass is 16.2. The molecule has 1 atom stereocenters. The first kappa shape index (κ1) is 18.3. The molecule has 27 heavy (non-hydrogen) atoms. The van der Waals surface area contributed by atoms with Crippen LogP contribution in [-0.2, 0) is 9.59 Å². The molecule has 4 rings (SSSR count). The van der Waals surface area contributed by atoms with E-state index >= 15 is 0 Å². The zero-order valence-corrected chi connectivity index (χ0v) is 16.2. The van der Waals surface area contributed by atoms with Crippen LogP contribution in [-0.4, -0.2) is 42.4 Å². The van der Waals surface area contributed by atoms with Crippen LogP contribution in [0.1, 0.15) is 57.8 Å². The summed E-state index contributed by atoms with van der Waals surface area (Å²) < 4.78 is 0. The summed E-state index contributed by atoms with van der Waals surface area (Å²) >= 11 is 0.